The van der Waals surface area contributed by atoms with Gasteiger partial charge in [0.25, 0.3) is 5.91 Å². The van der Waals surface area contributed by atoms with Crippen LogP contribution in [0.5, 0.6) is 0 Å². The highest BCUT2D eigenvalue weighted by atomic mass is 16.7. The second-order valence-corrected chi connectivity index (χ2v) is 18.8. The van der Waals surface area contributed by atoms with Crippen molar-refractivity contribution < 1.29 is 72.5 Å². The van der Waals surface area contributed by atoms with Crippen LogP contribution in [0.2, 0.25) is 0 Å². The molecule has 4 amide bonds. The number of ether oxygens (including phenoxy) is 7. The van der Waals surface area contributed by atoms with E-state index in [9.17, 15) is 44.2 Å². The van der Waals surface area contributed by atoms with E-state index in [1.54, 1.807) is 75.3 Å². The van der Waals surface area contributed by atoms with Crippen LogP contribution in [-0.2, 0) is 47.5 Å². The van der Waals surface area contributed by atoms with Crippen molar-refractivity contribution in [2.75, 3.05) is 13.2 Å². The van der Waals surface area contributed by atoms with Crippen LogP contribution in [0, 0.1) is 16.7 Å². The van der Waals surface area contributed by atoms with Gasteiger partial charge in [-0.05, 0) is 88.2 Å². The highest BCUT2D eigenvalue weighted by molar-refractivity contribution is 5.82. The first-order valence-corrected chi connectivity index (χ1v) is 20.5. The van der Waals surface area contributed by atoms with E-state index in [0.717, 1.165) is 0 Å². The third kappa shape index (κ3) is 15.3. The Labute approximate surface area is 356 Å². The first-order chi connectivity index (χ1) is 28.1. The van der Waals surface area contributed by atoms with Crippen molar-refractivity contribution in [1.82, 2.24) is 21.3 Å². The Bertz CT molecular complexity index is 1570. The normalized spacial score (nSPS) is 31.6. The molecule has 7 N–H and O–H groups in total. The molecule has 0 radical (unpaired) electrons. The van der Waals surface area contributed by atoms with Crippen LogP contribution in [-0.4, -0.2) is 142 Å². The zero-order chi connectivity index (χ0) is 46.2. The smallest absolute Gasteiger partial charge is 0.407 e. The minimum Gasteiger partial charge on any atom is -0.471 e. The van der Waals surface area contributed by atoms with Gasteiger partial charge in [-0.15, -0.1) is 0 Å². The number of rotatable bonds is 14. The summed E-state index contributed by atoms with van der Waals surface area (Å²) in [6, 6.07) is -4.88. The van der Waals surface area contributed by atoms with Gasteiger partial charge in [0.1, 0.15) is 47.3 Å². The number of esters is 1. The molecule has 1 aliphatic carbocycles. The van der Waals surface area contributed by atoms with Crippen LogP contribution in [0.1, 0.15) is 102 Å². The number of hydrogen-bond acceptors (Lipinski definition) is 17. The summed E-state index contributed by atoms with van der Waals surface area (Å²) in [5.74, 6) is -4.47. The molecular formula is C40H67N5O16. The fourth-order valence-electron chi connectivity index (χ4n) is 7.17. The Kier molecular flexibility index (Phi) is 17.5. The molecule has 0 aromatic heterocycles. The maximum Gasteiger partial charge on any atom is 0.407 e. The molecule has 1 saturated heterocycles. The van der Waals surface area contributed by atoms with Gasteiger partial charge in [-0.25, -0.2) is 9.59 Å². The first-order valence-electron chi connectivity index (χ1n) is 20.5. The van der Waals surface area contributed by atoms with E-state index in [1.807, 2.05) is 0 Å². The second kappa shape index (κ2) is 20.8. The lowest BCUT2D eigenvalue weighted by Crippen LogP contribution is -2.69. The molecule has 348 valence electrons. The lowest BCUT2D eigenvalue weighted by atomic mass is 9.73. The molecule has 2 heterocycles. The molecule has 0 aromatic carbocycles. The minimum absolute atomic E-state index is 0.145. The van der Waals surface area contributed by atoms with Crippen molar-refractivity contribution in [3.05, 3.63) is 17.2 Å². The average Bonchev–Trinajstić information content (AvgIpc) is 3.11. The number of carbonyl (C=O) groups is 5. The van der Waals surface area contributed by atoms with Crippen molar-refractivity contribution in [1.29, 1.82) is 0 Å². The topological polar surface area (TPSA) is 288 Å². The molecule has 0 spiro atoms. The van der Waals surface area contributed by atoms with Gasteiger partial charge in [0, 0.05) is 12.3 Å². The monoisotopic (exact) mass is 873 g/mol. The number of nitroso groups, excluding NO2 is 1. The fourth-order valence-corrected chi connectivity index (χ4v) is 7.17. The van der Waals surface area contributed by atoms with Crippen molar-refractivity contribution in [3.63, 3.8) is 0 Å². The molecular weight excluding hydrogens is 806 g/mol. The Morgan fingerprint density at radius 1 is 0.852 bits per heavy atom. The van der Waals surface area contributed by atoms with Gasteiger partial charge in [-0.1, -0.05) is 19.0 Å². The number of aliphatic hydroxyl groups excluding tert-OH is 2. The predicted molar refractivity (Wildman–Crippen MR) is 215 cm³/mol. The summed E-state index contributed by atoms with van der Waals surface area (Å²) in [7, 11) is 0. The summed E-state index contributed by atoms with van der Waals surface area (Å²) in [5, 5.41) is 48.2. The Morgan fingerprint density at radius 2 is 1.41 bits per heavy atom. The van der Waals surface area contributed by atoms with Crippen LogP contribution in [0.15, 0.2) is 17.5 Å². The van der Waals surface area contributed by atoms with Gasteiger partial charge in [-0.2, -0.15) is 4.91 Å². The van der Waals surface area contributed by atoms with Crippen LogP contribution in [0.4, 0.5) is 9.59 Å². The van der Waals surface area contributed by atoms with Crippen molar-refractivity contribution >= 4 is 30.0 Å². The van der Waals surface area contributed by atoms with Crippen molar-refractivity contribution in [3.8, 4) is 0 Å². The molecule has 3 aliphatic rings. The standard InChI is InChI=1S/C40H67N5O16/c1-13-25(47)42-21-15-14-16-55-33(21)57-30-23(44-36(52)61-39(9,10)11)17-22(43-31(49)24(46)18-41-35(51)60-38(6,7)8)29(28(30)48)58-34-27(45-54)26(40(12,53)19-56-34)20(2)32(50)59-37(3,4)5/h14,16,20-24,26-30,33-34,46,48,53H,13,15,17-19H2,1-12H3,(H,41,51)(H,42,47)(H,43,49)(H,44,52)/t20?,21-,22-,23?,24+,26-,27?,28-,29+,30-,33-,34?,40+/m1/s1. The van der Waals surface area contributed by atoms with E-state index in [2.05, 4.69) is 26.4 Å². The summed E-state index contributed by atoms with van der Waals surface area (Å²) < 4.78 is 40.5. The molecule has 2 fully saturated rings. The molecule has 13 atom stereocenters. The number of hydrogen-bond donors (Lipinski definition) is 7. The highest BCUT2D eigenvalue weighted by Crippen LogP contribution is 2.40. The molecule has 21 nitrogen and oxygen atoms in total. The molecule has 4 unspecified atom stereocenters. The molecule has 2 aliphatic heterocycles. The summed E-state index contributed by atoms with van der Waals surface area (Å²) in [4.78, 5) is 77.6. The SMILES string of the molecule is CCC(=O)N[C@@H]1CC=CO[C@@H]1O[C@@H]1C(NC(=O)OC(C)(C)C)C[C@@H](NC(=O)[C@@H](O)CNC(=O)OC(C)(C)C)[C@H](OC2OC[C@](C)(O)[C@H](C(C)C(=O)OC(C)(C)C)C2N=O)[C@H]1O. The lowest BCUT2D eigenvalue weighted by Gasteiger charge is -2.49. The van der Waals surface area contributed by atoms with Crippen molar-refractivity contribution in [2.45, 2.75) is 186 Å². The van der Waals surface area contributed by atoms with E-state index in [4.69, 9.17) is 33.2 Å². The highest BCUT2D eigenvalue weighted by Gasteiger charge is 2.56. The largest absolute Gasteiger partial charge is 0.471 e. The summed E-state index contributed by atoms with van der Waals surface area (Å²) in [5.41, 5.74) is -4.56. The summed E-state index contributed by atoms with van der Waals surface area (Å²) in [6.45, 7) is 18.2. The maximum absolute atomic E-state index is 13.6. The van der Waals surface area contributed by atoms with Gasteiger partial charge < -0.3 is 69.7 Å². The number of nitrogens with zero attached hydrogens (tertiary/aromatic N) is 1. The van der Waals surface area contributed by atoms with Gasteiger partial charge in [-0.3, -0.25) is 14.4 Å². The van der Waals surface area contributed by atoms with Crippen LogP contribution in [0.3, 0.4) is 0 Å². The Morgan fingerprint density at radius 3 is 1.97 bits per heavy atom. The third-order valence-corrected chi connectivity index (χ3v) is 9.77. The molecule has 61 heavy (non-hydrogen) atoms. The van der Waals surface area contributed by atoms with Crippen molar-refractivity contribution in [2.24, 2.45) is 17.0 Å². The van der Waals surface area contributed by atoms with E-state index in [0.29, 0.717) is 0 Å². The molecule has 3 rings (SSSR count). The van der Waals surface area contributed by atoms with Crippen LogP contribution >= 0.6 is 0 Å². The van der Waals surface area contributed by atoms with Crippen LogP contribution in [0.25, 0.3) is 0 Å². The third-order valence-electron chi connectivity index (χ3n) is 9.77. The summed E-state index contributed by atoms with van der Waals surface area (Å²) >= 11 is 0. The van der Waals surface area contributed by atoms with E-state index in [1.165, 1.54) is 20.1 Å². The first kappa shape index (κ1) is 51.2. The van der Waals surface area contributed by atoms with E-state index < -0.39 is 133 Å². The van der Waals surface area contributed by atoms with Crippen LogP contribution < -0.4 is 21.3 Å². The Hall–Kier alpha value is -4.15. The minimum atomic E-state index is -1.87. The zero-order valence-corrected chi connectivity index (χ0v) is 37.2. The fraction of sp³-hybridized carbons (Fsp3) is 0.825. The quantitative estimate of drug-likeness (QED) is 0.0744. The lowest BCUT2D eigenvalue weighted by molar-refractivity contribution is -0.290. The molecule has 1 saturated carbocycles. The predicted octanol–water partition coefficient (Wildman–Crippen LogP) is 1.78. The van der Waals surface area contributed by atoms with Gasteiger partial charge in [0.15, 0.2) is 6.29 Å². The number of amides is 4. The second-order valence-electron chi connectivity index (χ2n) is 18.8. The van der Waals surface area contributed by atoms with E-state index in [-0.39, 0.29) is 25.2 Å². The maximum atomic E-state index is 13.6. The number of nitrogens with one attached hydrogen (secondary N) is 4. The average molecular weight is 874 g/mol. The Balaban J connectivity index is 2.07. The number of carbonyl (C=O) groups excluding carboxylic acids is 5. The number of alkyl carbamates (subject to hydrolysis) is 2. The summed E-state index contributed by atoms with van der Waals surface area (Å²) in [6.07, 6.45) is -8.34. The van der Waals surface area contributed by atoms with E-state index >= 15 is 0 Å². The molecule has 0 aromatic rings. The molecule has 21 heteroatoms. The van der Waals surface area contributed by atoms with Gasteiger partial charge in [0.05, 0.1) is 49.1 Å². The van der Waals surface area contributed by atoms with Gasteiger partial charge >= 0.3 is 18.2 Å². The zero-order valence-electron chi connectivity index (χ0n) is 37.2. The number of aliphatic hydroxyl groups is 3. The molecule has 0 bridgehead atoms. The van der Waals surface area contributed by atoms with Gasteiger partial charge in [0.2, 0.25) is 12.2 Å².